The van der Waals surface area contributed by atoms with E-state index in [-0.39, 0.29) is 0 Å². The van der Waals surface area contributed by atoms with Gasteiger partial charge in [-0.3, -0.25) is 0 Å². The first kappa shape index (κ1) is 10.6. The monoisotopic (exact) mass is 189 g/mol. The highest BCUT2D eigenvalue weighted by Crippen LogP contribution is 2.30. The van der Waals surface area contributed by atoms with Gasteiger partial charge in [-0.05, 0) is 38.0 Å². The minimum absolute atomic E-state index is 0.460. The lowest BCUT2D eigenvalue weighted by molar-refractivity contribution is 0.410. The number of benzene rings is 1. The topological polar surface area (TPSA) is 33.0 Å². The number of ether oxygens (including phenoxy) is 1. The molecule has 0 aliphatic heterocycles. The van der Waals surface area contributed by atoms with E-state index in [0.717, 1.165) is 16.9 Å². The average Bonchev–Trinajstić information content (AvgIpc) is 2.18. The zero-order valence-corrected chi connectivity index (χ0v) is 9.09. The summed E-state index contributed by atoms with van der Waals surface area (Å²) in [5.74, 6) is 0.839. The molecule has 0 fully saturated rings. The lowest BCUT2D eigenvalue weighted by atomic mass is 9.83. The van der Waals surface area contributed by atoms with Crippen LogP contribution in [-0.2, 0) is 5.41 Å². The fourth-order valence-electron chi connectivity index (χ4n) is 1.57. The second-order valence-corrected chi connectivity index (χ2v) is 3.87. The molecule has 2 heteroatoms. The van der Waals surface area contributed by atoms with Crippen molar-refractivity contribution >= 4 is 0 Å². The molecular formula is C12H15NO. The van der Waals surface area contributed by atoms with Crippen molar-refractivity contribution < 1.29 is 4.74 Å². The lowest BCUT2D eigenvalue weighted by Crippen LogP contribution is -2.15. The molecule has 0 aliphatic rings. The van der Waals surface area contributed by atoms with Gasteiger partial charge in [-0.2, -0.15) is 5.26 Å². The number of rotatable bonds is 2. The van der Waals surface area contributed by atoms with E-state index in [1.165, 1.54) is 0 Å². The number of methoxy groups -OCH3 is 1. The second kappa shape index (κ2) is 3.71. The van der Waals surface area contributed by atoms with Crippen molar-refractivity contribution in [1.82, 2.24) is 0 Å². The highest BCUT2D eigenvalue weighted by atomic mass is 16.5. The summed E-state index contributed by atoms with van der Waals surface area (Å²) in [6.45, 7) is 5.80. The van der Waals surface area contributed by atoms with Gasteiger partial charge in [0.15, 0.2) is 0 Å². The maximum absolute atomic E-state index is 9.04. The third-order valence-corrected chi connectivity index (χ3v) is 2.46. The molecule has 0 unspecified atom stereocenters. The van der Waals surface area contributed by atoms with Gasteiger partial charge in [0.25, 0.3) is 0 Å². The third kappa shape index (κ3) is 1.72. The van der Waals surface area contributed by atoms with Crippen LogP contribution in [0.2, 0.25) is 0 Å². The van der Waals surface area contributed by atoms with Crippen molar-refractivity contribution in [2.75, 3.05) is 7.11 Å². The fraction of sp³-hybridized carbons (Fsp3) is 0.417. The van der Waals surface area contributed by atoms with E-state index in [2.05, 4.69) is 6.07 Å². The van der Waals surface area contributed by atoms with Crippen LogP contribution in [-0.4, -0.2) is 7.11 Å². The van der Waals surface area contributed by atoms with Gasteiger partial charge in [-0.25, -0.2) is 0 Å². The van der Waals surface area contributed by atoms with Crippen LogP contribution in [0.25, 0.3) is 0 Å². The van der Waals surface area contributed by atoms with E-state index >= 15 is 0 Å². The highest BCUT2D eigenvalue weighted by Gasteiger charge is 2.22. The van der Waals surface area contributed by atoms with Crippen LogP contribution in [0, 0.1) is 18.3 Å². The Labute approximate surface area is 85.1 Å². The molecule has 0 spiro atoms. The summed E-state index contributed by atoms with van der Waals surface area (Å²) in [4.78, 5) is 0. The van der Waals surface area contributed by atoms with Gasteiger partial charge in [-0.1, -0.05) is 12.1 Å². The fourth-order valence-corrected chi connectivity index (χ4v) is 1.57. The molecule has 0 amide bonds. The maximum atomic E-state index is 9.04. The van der Waals surface area contributed by atoms with Gasteiger partial charge in [0.2, 0.25) is 0 Å². The number of nitrogens with zero attached hydrogens (tertiary/aromatic N) is 1. The summed E-state index contributed by atoms with van der Waals surface area (Å²) in [5, 5.41) is 9.04. The van der Waals surface area contributed by atoms with Crippen molar-refractivity contribution in [2.45, 2.75) is 26.2 Å². The summed E-state index contributed by atoms with van der Waals surface area (Å²) in [6, 6.07) is 8.09. The predicted octanol–water partition coefficient (Wildman–Crippen LogP) is 2.80. The van der Waals surface area contributed by atoms with Gasteiger partial charge in [0.1, 0.15) is 5.75 Å². The summed E-state index contributed by atoms with van der Waals surface area (Å²) in [6.07, 6.45) is 0. The molecule has 0 aliphatic carbocycles. The van der Waals surface area contributed by atoms with Crippen molar-refractivity contribution in [2.24, 2.45) is 0 Å². The molecule has 0 saturated heterocycles. The van der Waals surface area contributed by atoms with Crippen LogP contribution in [0.5, 0.6) is 5.75 Å². The Morgan fingerprint density at radius 3 is 2.50 bits per heavy atom. The Morgan fingerprint density at radius 2 is 2.00 bits per heavy atom. The van der Waals surface area contributed by atoms with Gasteiger partial charge >= 0.3 is 0 Å². The van der Waals surface area contributed by atoms with Crippen LogP contribution < -0.4 is 4.74 Å². The molecule has 1 aromatic rings. The Hall–Kier alpha value is -1.49. The smallest absolute Gasteiger partial charge is 0.122 e. The molecule has 14 heavy (non-hydrogen) atoms. The Balaban J connectivity index is 3.31. The van der Waals surface area contributed by atoms with Gasteiger partial charge in [0.05, 0.1) is 18.6 Å². The van der Waals surface area contributed by atoms with Crippen molar-refractivity contribution in [3.05, 3.63) is 29.3 Å². The third-order valence-electron chi connectivity index (χ3n) is 2.46. The predicted molar refractivity (Wildman–Crippen MR) is 56.4 cm³/mol. The number of nitriles is 1. The van der Waals surface area contributed by atoms with Gasteiger partial charge in [-0.15, -0.1) is 0 Å². The van der Waals surface area contributed by atoms with Crippen molar-refractivity contribution in [1.29, 1.82) is 5.26 Å². The van der Waals surface area contributed by atoms with Crippen molar-refractivity contribution in [3.8, 4) is 11.8 Å². The molecule has 0 atom stereocenters. The molecule has 0 bridgehead atoms. The summed E-state index contributed by atoms with van der Waals surface area (Å²) >= 11 is 0. The molecule has 0 saturated carbocycles. The van der Waals surface area contributed by atoms with E-state index in [4.69, 9.17) is 10.00 Å². The SMILES string of the molecule is COc1cccc(C(C)(C)C#N)c1C. The molecule has 1 rings (SSSR count). The largest absolute Gasteiger partial charge is 0.496 e. The quantitative estimate of drug-likeness (QED) is 0.716. The zero-order valence-electron chi connectivity index (χ0n) is 9.09. The van der Waals surface area contributed by atoms with Crippen LogP contribution in [0.4, 0.5) is 0 Å². The van der Waals surface area contributed by atoms with Gasteiger partial charge < -0.3 is 4.74 Å². The number of hydrogen-bond donors (Lipinski definition) is 0. The summed E-state index contributed by atoms with van der Waals surface area (Å²) in [7, 11) is 1.64. The minimum Gasteiger partial charge on any atom is -0.496 e. The van der Waals surface area contributed by atoms with Gasteiger partial charge in [0, 0.05) is 0 Å². The molecule has 0 aromatic heterocycles. The maximum Gasteiger partial charge on any atom is 0.122 e. The molecule has 0 radical (unpaired) electrons. The summed E-state index contributed by atoms with van der Waals surface area (Å²) < 4.78 is 5.22. The van der Waals surface area contributed by atoms with Crippen LogP contribution >= 0.6 is 0 Å². The van der Waals surface area contributed by atoms with E-state index in [1.807, 2.05) is 39.0 Å². The standard InChI is InChI=1S/C12H15NO/c1-9-10(12(2,3)8-13)6-5-7-11(9)14-4/h5-7H,1-4H3. The average molecular weight is 189 g/mol. The Bertz CT molecular complexity index is 374. The molecule has 2 nitrogen and oxygen atoms in total. The summed E-state index contributed by atoms with van der Waals surface area (Å²) in [5.41, 5.74) is 1.61. The first-order chi connectivity index (χ1) is 6.53. The van der Waals surface area contributed by atoms with E-state index in [9.17, 15) is 0 Å². The van der Waals surface area contributed by atoms with E-state index in [1.54, 1.807) is 7.11 Å². The van der Waals surface area contributed by atoms with E-state index < -0.39 is 5.41 Å². The molecular weight excluding hydrogens is 174 g/mol. The van der Waals surface area contributed by atoms with Crippen LogP contribution in [0.3, 0.4) is 0 Å². The second-order valence-electron chi connectivity index (χ2n) is 3.87. The molecule has 0 N–H and O–H groups in total. The molecule has 1 aromatic carbocycles. The number of hydrogen-bond acceptors (Lipinski definition) is 2. The van der Waals surface area contributed by atoms with Crippen LogP contribution in [0.15, 0.2) is 18.2 Å². The van der Waals surface area contributed by atoms with E-state index in [0.29, 0.717) is 0 Å². The molecule has 74 valence electrons. The molecule has 0 heterocycles. The normalized spacial score (nSPS) is 10.8. The van der Waals surface area contributed by atoms with Crippen LogP contribution in [0.1, 0.15) is 25.0 Å². The first-order valence-electron chi connectivity index (χ1n) is 4.58. The highest BCUT2D eigenvalue weighted by molar-refractivity contribution is 5.45. The minimum atomic E-state index is -0.460. The Kier molecular flexibility index (Phi) is 2.81. The Morgan fingerprint density at radius 1 is 1.36 bits per heavy atom. The zero-order chi connectivity index (χ0) is 10.8. The van der Waals surface area contributed by atoms with Crippen molar-refractivity contribution in [3.63, 3.8) is 0 Å². The lowest BCUT2D eigenvalue weighted by Gasteiger charge is -2.19. The first-order valence-corrected chi connectivity index (χ1v) is 4.58.